The van der Waals surface area contributed by atoms with Crippen LogP contribution in [0, 0.1) is 12.8 Å². The summed E-state index contributed by atoms with van der Waals surface area (Å²) < 4.78 is 39.5. The summed E-state index contributed by atoms with van der Waals surface area (Å²) in [6.45, 7) is 21.5. The quantitative estimate of drug-likeness (QED) is 0.188. The van der Waals surface area contributed by atoms with Gasteiger partial charge in [0.1, 0.15) is 0 Å². The van der Waals surface area contributed by atoms with E-state index in [1.807, 2.05) is 63.4 Å². The average Bonchev–Trinajstić information content (AvgIpc) is 3.05. The normalized spacial score (nSPS) is 15.2. The Morgan fingerprint density at radius 1 is 1.08 bits per heavy atom. The molecule has 2 heterocycles. The van der Waals surface area contributed by atoms with Crippen LogP contribution in [0.25, 0.3) is 17.0 Å². The van der Waals surface area contributed by atoms with Gasteiger partial charge in [-0.1, -0.05) is 69.4 Å². The first-order chi connectivity index (χ1) is 22.8. The van der Waals surface area contributed by atoms with Crippen LogP contribution in [-0.4, -0.2) is 55.1 Å². The zero-order chi connectivity index (χ0) is 35.7. The van der Waals surface area contributed by atoms with E-state index in [1.165, 1.54) is 45.0 Å². The molecule has 9 heteroatoms. The van der Waals surface area contributed by atoms with Crippen LogP contribution in [-0.2, 0) is 6.18 Å². The standard InChI is InChI=1S/C27H27F3N4.C8H17N.C4H11N/c1-17(2)6-10-21(19(4)33-25-15-23(27(28,29)30)12-7-18(25)3)11-8-20-9-13-24-22(14-20)16-32-26(31-5)34-24;1-3-9-6-4-5-8(2)7-9;1-3-4-5-2/h6-16,33H,4H2,1-3,5H3,(H,31,32,34);8H,3-7H2,1-2H3;5H,3-4H2,1-2H3/b11-8+,21-10+;;. The predicted octanol–water partition coefficient (Wildman–Crippen LogP) is 9.88. The number of halogens is 3. The Morgan fingerprint density at radius 2 is 1.83 bits per heavy atom. The summed E-state index contributed by atoms with van der Waals surface area (Å²) in [4.78, 5) is 11.2. The van der Waals surface area contributed by atoms with Gasteiger partial charge in [-0.3, -0.25) is 0 Å². The van der Waals surface area contributed by atoms with Gasteiger partial charge < -0.3 is 20.9 Å². The van der Waals surface area contributed by atoms with E-state index >= 15 is 0 Å². The third-order valence-corrected chi connectivity index (χ3v) is 7.77. The topological polar surface area (TPSA) is 65.1 Å². The van der Waals surface area contributed by atoms with Gasteiger partial charge in [0.05, 0.1) is 11.1 Å². The van der Waals surface area contributed by atoms with Crippen molar-refractivity contribution in [2.45, 2.75) is 67.0 Å². The number of hydrogen-bond donors (Lipinski definition) is 3. The van der Waals surface area contributed by atoms with E-state index in [9.17, 15) is 13.2 Å². The number of fused-ring (bicyclic) bond motifs is 1. The molecule has 1 saturated heterocycles. The SMILES string of the molecule is C=C(Nc1cc(C(F)(F)F)ccc1C)C(/C=C/c1ccc2nc(NC)ncc2c1)=C/C=C(C)C.CCCNC.CCN1CCCC(C)C1. The van der Waals surface area contributed by atoms with Gasteiger partial charge in [0.25, 0.3) is 0 Å². The molecule has 0 aliphatic carbocycles. The van der Waals surface area contributed by atoms with E-state index in [0.29, 0.717) is 22.9 Å². The number of piperidine rings is 1. The first-order valence-electron chi connectivity index (χ1n) is 16.8. The lowest BCUT2D eigenvalue weighted by atomic mass is 10.0. The average molecular weight is 665 g/mol. The van der Waals surface area contributed by atoms with E-state index in [2.05, 4.69) is 58.2 Å². The van der Waals surface area contributed by atoms with Crippen molar-refractivity contribution in [1.29, 1.82) is 0 Å². The number of rotatable bonds is 10. The van der Waals surface area contributed by atoms with Crippen molar-refractivity contribution in [2.24, 2.45) is 5.92 Å². The molecular formula is C39H55F3N6. The molecule has 6 nitrogen and oxygen atoms in total. The molecule has 1 aliphatic heterocycles. The fraction of sp³-hybridized carbons (Fsp3) is 0.436. The first kappa shape index (κ1) is 40.2. The van der Waals surface area contributed by atoms with Gasteiger partial charge in [-0.2, -0.15) is 13.2 Å². The third-order valence-electron chi connectivity index (χ3n) is 7.77. The summed E-state index contributed by atoms with van der Waals surface area (Å²) in [5.41, 5.74) is 4.40. The van der Waals surface area contributed by atoms with Crippen LogP contribution >= 0.6 is 0 Å². The molecule has 0 spiro atoms. The number of aromatic nitrogens is 2. The number of alkyl halides is 3. The zero-order valence-electron chi connectivity index (χ0n) is 30.1. The summed E-state index contributed by atoms with van der Waals surface area (Å²) >= 11 is 0. The molecule has 3 aromatic rings. The second-order valence-electron chi connectivity index (χ2n) is 12.3. The fourth-order valence-corrected chi connectivity index (χ4v) is 4.97. The number of likely N-dealkylation sites (tertiary alicyclic amines) is 1. The lowest BCUT2D eigenvalue weighted by Crippen LogP contribution is -2.33. The van der Waals surface area contributed by atoms with Crippen LogP contribution in [0.2, 0.25) is 0 Å². The van der Waals surface area contributed by atoms with Crippen LogP contribution in [0.5, 0.6) is 0 Å². The summed E-state index contributed by atoms with van der Waals surface area (Å²) in [6.07, 6.45) is 9.03. The molecule has 1 atom stereocenters. The van der Waals surface area contributed by atoms with Crippen molar-refractivity contribution >= 4 is 28.6 Å². The van der Waals surface area contributed by atoms with E-state index in [-0.39, 0.29) is 0 Å². The number of allylic oxidation sites excluding steroid dienone is 4. The van der Waals surface area contributed by atoms with Gasteiger partial charge in [-0.15, -0.1) is 0 Å². The van der Waals surface area contributed by atoms with Crippen LogP contribution in [0.3, 0.4) is 0 Å². The Labute approximate surface area is 286 Å². The maximum atomic E-state index is 13.2. The Morgan fingerprint density at radius 3 is 2.40 bits per heavy atom. The highest BCUT2D eigenvalue weighted by molar-refractivity contribution is 5.81. The number of anilines is 2. The molecule has 1 unspecified atom stereocenters. The summed E-state index contributed by atoms with van der Waals surface area (Å²) in [5, 5.41) is 9.88. The largest absolute Gasteiger partial charge is 0.416 e. The summed E-state index contributed by atoms with van der Waals surface area (Å²) in [6, 6.07) is 9.45. The molecule has 1 aromatic heterocycles. The summed E-state index contributed by atoms with van der Waals surface area (Å²) in [7, 11) is 3.73. The van der Waals surface area contributed by atoms with Crippen LogP contribution in [0.15, 0.2) is 84.2 Å². The van der Waals surface area contributed by atoms with Crippen molar-refractivity contribution in [3.63, 3.8) is 0 Å². The highest BCUT2D eigenvalue weighted by Crippen LogP contribution is 2.33. The molecule has 48 heavy (non-hydrogen) atoms. The van der Waals surface area contributed by atoms with E-state index in [4.69, 9.17) is 0 Å². The first-order valence-corrected chi connectivity index (χ1v) is 16.8. The Bertz CT molecular complexity index is 1530. The van der Waals surface area contributed by atoms with Crippen molar-refractivity contribution in [3.05, 3.63) is 101 Å². The molecule has 3 N–H and O–H groups in total. The molecule has 4 rings (SSSR count). The molecule has 0 bridgehead atoms. The minimum atomic E-state index is -4.42. The zero-order valence-corrected chi connectivity index (χ0v) is 30.1. The highest BCUT2D eigenvalue weighted by atomic mass is 19.4. The van der Waals surface area contributed by atoms with Gasteiger partial charge in [0.15, 0.2) is 0 Å². The maximum absolute atomic E-state index is 13.2. The number of benzene rings is 2. The van der Waals surface area contributed by atoms with E-state index in [1.54, 1.807) is 20.2 Å². The minimum Gasteiger partial charge on any atom is -0.357 e. The molecule has 0 saturated carbocycles. The van der Waals surface area contributed by atoms with Crippen LogP contribution in [0.4, 0.5) is 24.8 Å². The van der Waals surface area contributed by atoms with Crippen molar-refractivity contribution in [3.8, 4) is 0 Å². The fourth-order valence-electron chi connectivity index (χ4n) is 4.97. The molecular weight excluding hydrogens is 609 g/mol. The minimum absolute atomic E-state index is 0.361. The van der Waals surface area contributed by atoms with Crippen molar-refractivity contribution in [2.75, 3.05) is 50.9 Å². The monoisotopic (exact) mass is 664 g/mol. The third kappa shape index (κ3) is 14.0. The second kappa shape index (κ2) is 20.4. The van der Waals surface area contributed by atoms with Crippen molar-refractivity contribution in [1.82, 2.24) is 20.2 Å². The molecule has 0 radical (unpaired) electrons. The van der Waals surface area contributed by atoms with Crippen LogP contribution < -0.4 is 16.0 Å². The lowest BCUT2D eigenvalue weighted by molar-refractivity contribution is -0.137. The molecule has 1 aliphatic rings. The van der Waals surface area contributed by atoms with Gasteiger partial charge >= 0.3 is 6.18 Å². The molecule has 0 amide bonds. The summed E-state index contributed by atoms with van der Waals surface area (Å²) in [5.74, 6) is 1.49. The molecule has 1 fully saturated rings. The maximum Gasteiger partial charge on any atom is 0.416 e. The van der Waals surface area contributed by atoms with Gasteiger partial charge in [-0.05, 0) is 114 Å². The second-order valence-corrected chi connectivity index (χ2v) is 12.3. The molecule has 2 aromatic carbocycles. The van der Waals surface area contributed by atoms with Gasteiger partial charge in [-0.25, -0.2) is 9.97 Å². The number of nitrogens with one attached hydrogen (secondary N) is 3. The Kier molecular flexibility index (Phi) is 17.1. The van der Waals surface area contributed by atoms with Gasteiger partial charge in [0.2, 0.25) is 5.95 Å². The number of aryl methyl sites for hydroxylation is 1. The van der Waals surface area contributed by atoms with Gasteiger partial charge in [0, 0.05) is 36.6 Å². The Hall–Kier alpha value is -3.95. The van der Waals surface area contributed by atoms with E-state index in [0.717, 1.165) is 52.2 Å². The predicted molar refractivity (Wildman–Crippen MR) is 199 cm³/mol. The van der Waals surface area contributed by atoms with E-state index < -0.39 is 11.7 Å². The molecule has 262 valence electrons. The highest BCUT2D eigenvalue weighted by Gasteiger charge is 2.30. The van der Waals surface area contributed by atoms with Crippen molar-refractivity contribution < 1.29 is 13.2 Å². The number of hydrogen-bond acceptors (Lipinski definition) is 6. The lowest BCUT2D eigenvalue weighted by Gasteiger charge is -2.29. The Balaban J connectivity index is 0.000000473. The number of nitrogens with zero attached hydrogens (tertiary/aromatic N) is 3. The van der Waals surface area contributed by atoms with Crippen LogP contribution in [0.1, 0.15) is 70.6 Å². The smallest absolute Gasteiger partial charge is 0.357 e.